The number of anilines is 1. The van der Waals surface area contributed by atoms with Crippen molar-refractivity contribution in [2.75, 3.05) is 24.6 Å². The number of benzene rings is 1. The van der Waals surface area contributed by atoms with Crippen molar-refractivity contribution < 1.29 is 9.90 Å². The lowest BCUT2D eigenvalue weighted by atomic mass is 9.87. The van der Waals surface area contributed by atoms with Gasteiger partial charge < -0.3 is 26.0 Å². The van der Waals surface area contributed by atoms with Gasteiger partial charge in [-0.2, -0.15) is 0 Å². The van der Waals surface area contributed by atoms with E-state index in [0.29, 0.717) is 37.5 Å². The number of aromatic amines is 1. The standard InChI is InChI=1S/C19H21ClN6O.C5H12.C2H6O.C2H6/c20-14-3-1-13(2-4-14)11-23-18(27)19(21)6-9-26(10-7-19)17-15-5-8-22-16(15)24-12-25-17;1-3-5-4-2;1-2-3;1-2/h1-5,8,12H,6-7,9-11,21H2,(H,23,27)(H,22,24,25);3-5H2,1-2H3;3H,2H2,1H3;1-2H3. The molecule has 0 atom stereocenters. The Morgan fingerprint density at radius 3 is 2.24 bits per heavy atom. The summed E-state index contributed by atoms with van der Waals surface area (Å²) in [5.41, 5.74) is 7.36. The lowest BCUT2D eigenvalue weighted by Gasteiger charge is -2.38. The molecule has 5 N–H and O–H groups in total. The Labute approximate surface area is 227 Å². The van der Waals surface area contributed by atoms with Crippen LogP contribution < -0.4 is 16.0 Å². The Hall–Kier alpha value is -2.68. The first kappa shape index (κ1) is 32.3. The minimum Gasteiger partial charge on any atom is -0.397 e. The molecule has 0 aliphatic carbocycles. The van der Waals surface area contributed by atoms with Crippen molar-refractivity contribution in [3.8, 4) is 0 Å². The van der Waals surface area contributed by atoms with E-state index >= 15 is 0 Å². The zero-order valence-electron chi connectivity index (χ0n) is 23.1. The van der Waals surface area contributed by atoms with Crippen molar-refractivity contribution in [2.24, 2.45) is 5.73 Å². The third-order valence-corrected chi connectivity index (χ3v) is 6.07. The van der Waals surface area contributed by atoms with Crippen molar-refractivity contribution in [3.63, 3.8) is 0 Å². The summed E-state index contributed by atoms with van der Waals surface area (Å²) in [6, 6.07) is 9.37. The highest BCUT2D eigenvalue weighted by Crippen LogP contribution is 2.28. The zero-order valence-corrected chi connectivity index (χ0v) is 23.8. The van der Waals surface area contributed by atoms with Crippen LogP contribution in [-0.4, -0.2) is 51.2 Å². The van der Waals surface area contributed by atoms with Crippen LogP contribution in [0.3, 0.4) is 0 Å². The summed E-state index contributed by atoms with van der Waals surface area (Å²) in [5, 5.41) is 12.2. The topological polar surface area (TPSA) is 120 Å². The summed E-state index contributed by atoms with van der Waals surface area (Å²) in [4.78, 5) is 26.6. The molecular weight excluding hydrogens is 488 g/mol. The summed E-state index contributed by atoms with van der Waals surface area (Å²) < 4.78 is 0. The van der Waals surface area contributed by atoms with Crippen molar-refractivity contribution in [3.05, 3.63) is 53.4 Å². The number of unbranched alkanes of at least 4 members (excludes halogenated alkanes) is 2. The van der Waals surface area contributed by atoms with Crippen molar-refractivity contribution in [2.45, 2.75) is 78.8 Å². The number of aliphatic hydroxyl groups is 1. The number of carbonyl (C=O) groups excluding carboxylic acids is 1. The number of piperidine rings is 1. The highest BCUT2D eigenvalue weighted by molar-refractivity contribution is 6.30. The molecule has 1 fully saturated rings. The molecule has 1 aliphatic heterocycles. The molecule has 1 aromatic carbocycles. The zero-order chi connectivity index (χ0) is 27.7. The molecule has 2 aromatic heterocycles. The number of nitrogens with two attached hydrogens (primary N) is 1. The second kappa shape index (κ2) is 17.7. The Balaban J connectivity index is 0.000000594. The third-order valence-electron chi connectivity index (χ3n) is 5.81. The molecule has 4 rings (SSSR count). The second-order valence-electron chi connectivity index (χ2n) is 8.56. The van der Waals surface area contributed by atoms with Gasteiger partial charge in [0.15, 0.2) is 0 Å². The monoisotopic (exact) mass is 532 g/mol. The minimum atomic E-state index is -0.868. The molecule has 0 radical (unpaired) electrons. The van der Waals surface area contributed by atoms with E-state index in [0.717, 1.165) is 22.4 Å². The molecule has 0 bridgehead atoms. The number of hydrogen-bond acceptors (Lipinski definition) is 6. The number of halogens is 1. The molecule has 0 spiro atoms. The van der Waals surface area contributed by atoms with Gasteiger partial charge in [0.05, 0.1) is 10.9 Å². The quantitative estimate of drug-likeness (QED) is 0.335. The van der Waals surface area contributed by atoms with Crippen LogP contribution in [0.2, 0.25) is 5.02 Å². The van der Waals surface area contributed by atoms with Gasteiger partial charge in [-0.25, -0.2) is 9.97 Å². The van der Waals surface area contributed by atoms with Crippen LogP contribution in [0.5, 0.6) is 0 Å². The molecule has 1 saturated heterocycles. The van der Waals surface area contributed by atoms with Crippen LogP contribution in [0.15, 0.2) is 42.9 Å². The first-order valence-corrected chi connectivity index (χ1v) is 13.7. The number of amides is 1. The van der Waals surface area contributed by atoms with Gasteiger partial charge in [0.1, 0.15) is 17.8 Å². The largest absolute Gasteiger partial charge is 0.397 e. The van der Waals surface area contributed by atoms with Crippen molar-refractivity contribution >= 4 is 34.4 Å². The van der Waals surface area contributed by atoms with Crippen LogP contribution in [0, 0.1) is 0 Å². The Morgan fingerprint density at radius 2 is 1.70 bits per heavy atom. The van der Waals surface area contributed by atoms with E-state index in [4.69, 9.17) is 22.4 Å². The van der Waals surface area contributed by atoms with Gasteiger partial charge in [0.2, 0.25) is 5.91 Å². The Kier molecular flexibility index (Phi) is 15.5. The molecule has 3 heterocycles. The first-order chi connectivity index (χ1) is 17.9. The van der Waals surface area contributed by atoms with Crippen LogP contribution in [0.4, 0.5) is 5.82 Å². The van der Waals surface area contributed by atoms with E-state index in [-0.39, 0.29) is 12.5 Å². The molecule has 8 nitrogen and oxygen atoms in total. The van der Waals surface area contributed by atoms with Crippen LogP contribution in [0.1, 0.15) is 72.3 Å². The Bertz CT molecular complexity index is 1010. The van der Waals surface area contributed by atoms with Crippen LogP contribution >= 0.6 is 11.6 Å². The van der Waals surface area contributed by atoms with E-state index in [1.165, 1.54) is 19.3 Å². The average molecular weight is 533 g/mol. The summed E-state index contributed by atoms with van der Waals surface area (Å²) in [6.07, 6.45) is 8.61. The van der Waals surface area contributed by atoms with Gasteiger partial charge in [-0.3, -0.25) is 4.79 Å². The third kappa shape index (κ3) is 10.3. The van der Waals surface area contributed by atoms with Gasteiger partial charge in [0.25, 0.3) is 0 Å². The molecule has 1 amide bonds. The van der Waals surface area contributed by atoms with Crippen LogP contribution in [-0.2, 0) is 11.3 Å². The number of aliphatic hydroxyl groups excluding tert-OH is 1. The predicted molar refractivity (Wildman–Crippen MR) is 155 cm³/mol. The number of carbonyl (C=O) groups is 1. The second-order valence-corrected chi connectivity index (χ2v) is 9.00. The molecular formula is C28H45ClN6O2. The molecule has 0 unspecified atom stereocenters. The van der Waals surface area contributed by atoms with E-state index in [1.54, 1.807) is 13.3 Å². The lowest BCUT2D eigenvalue weighted by molar-refractivity contribution is -0.127. The maximum atomic E-state index is 12.7. The number of H-pyrrole nitrogens is 1. The van der Waals surface area contributed by atoms with Gasteiger partial charge >= 0.3 is 0 Å². The maximum Gasteiger partial charge on any atom is 0.240 e. The lowest BCUT2D eigenvalue weighted by Crippen LogP contribution is -2.59. The number of nitrogens with zero attached hydrogens (tertiary/aromatic N) is 3. The fourth-order valence-corrected chi connectivity index (χ4v) is 3.90. The Morgan fingerprint density at radius 1 is 1.11 bits per heavy atom. The maximum absolute atomic E-state index is 12.7. The van der Waals surface area contributed by atoms with Gasteiger partial charge in [0, 0.05) is 37.5 Å². The van der Waals surface area contributed by atoms with Crippen molar-refractivity contribution in [1.82, 2.24) is 20.3 Å². The van der Waals surface area contributed by atoms with Crippen LogP contribution in [0.25, 0.3) is 11.0 Å². The molecule has 0 saturated carbocycles. The number of aromatic nitrogens is 3. The SMILES string of the molecule is CC.CCCCC.CCO.NC1(C(=O)NCc2ccc(Cl)cc2)CCN(c2ncnc3[nH]ccc23)CC1. The van der Waals surface area contributed by atoms with Gasteiger partial charge in [-0.15, -0.1) is 0 Å². The molecule has 206 valence electrons. The fourth-order valence-electron chi connectivity index (χ4n) is 3.77. The van der Waals surface area contributed by atoms with Crippen molar-refractivity contribution in [1.29, 1.82) is 0 Å². The number of hydrogen-bond donors (Lipinski definition) is 4. The summed E-state index contributed by atoms with van der Waals surface area (Å²) >= 11 is 5.89. The fraction of sp³-hybridized carbons (Fsp3) is 0.536. The van der Waals surface area contributed by atoms with E-state index in [1.807, 2.05) is 50.4 Å². The number of rotatable bonds is 6. The first-order valence-electron chi connectivity index (χ1n) is 13.3. The van der Waals surface area contributed by atoms with Gasteiger partial charge in [-0.05, 0) is 43.5 Å². The summed E-state index contributed by atoms with van der Waals surface area (Å²) in [6.45, 7) is 12.1. The van der Waals surface area contributed by atoms with E-state index < -0.39 is 5.54 Å². The molecule has 3 aromatic rings. The smallest absolute Gasteiger partial charge is 0.240 e. The highest BCUT2D eigenvalue weighted by atomic mass is 35.5. The number of nitrogens with one attached hydrogen (secondary N) is 2. The summed E-state index contributed by atoms with van der Waals surface area (Å²) in [7, 11) is 0. The normalized spacial score (nSPS) is 13.8. The highest BCUT2D eigenvalue weighted by Gasteiger charge is 2.38. The minimum absolute atomic E-state index is 0.119. The molecule has 37 heavy (non-hydrogen) atoms. The summed E-state index contributed by atoms with van der Waals surface area (Å²) in [5.74, 6) is 0.761. The predicted octanol–water partition coefficient (Wildman–Crippen LogP) is 5.45. The molecule has 9 heteroatoms. The molecule has 1 aliphatic rings. The average Bonchev–Trinajstić information content (AvgIpc) is 3.40. The van der Waals surface area contributed by atoms with E-state index in [2.05, 4.69) is 39.0 Å². The van der Waals surface area contributed by atoms with Gasteiger partial charge in [-0.1, -0.05) is 70.7 Å². The number of fused-ring (bicyclic) bond motifs is 1. The van der Waals surface area contributed by atoms with E-state index in [9.17, 15) is 4.79 Å².